The molecule has 1 N–H and O–H groups in total. The zero-order valence-electron chi connectivity index (χ0n) is 11.3. The molecule has 1 aliphatic heterocycles. The lowest BCUT2D eigenvalue weighted by Gasteiger charge is -2.37. The highest BCUT2D eigenvalue weighted by atomic mass is 32.1. The molecule has 1 aromatic rings. The molecular formula is C14H19NO3S. The number of carbonyl (C=O) groups excluding carboxylic acids is 1. The number of hydrogen-bond donors (Lipinski definition) is 1. The molecule has 0 aromatic carbocycles. The molecule has 1 aromatic heterocycles. The number of aryl methyl sites for hydroxylation is 1. The summed E-state index contributed by atoms with van der Waals surface area (Å²) in [6.07, 6.45) is 2.54. The predicted octanol–water partition coefficient (Wildman–Crippen LogP) is 2.64. The third-order valence-electron chi connectivity index (χ3n) is 3.77. The minimum absolute atomic E-state index is 0.0141. The topological polar surface area (TPSA) is 57.6 Å². The van der Waals surface area contributed by atoms with Crippen molar-refractivity contribution in [2.24, 2.45) is 5.92 Å². The van der Waals surface area contributed by atoms with Crippen LogP contribution in [0.2, 0.25) is 0 Å². The van der Waals surface area contributed by atoms with E-state index in [-0.39, 0.29) is 11.8 Å². The Labute approximate surface area is 117 Å². The van der Waals surface area contributed by atoms with Crippen LogP contribution in [0.3, 0.4) is 0 Å². The van der Waals surface area contributed by atoms with E-state index in [0.717, 1.165) is 24.8 Å². The maximum Gasteiger partial charge on any atom is 0.326 e. The van der Waals surface area contributed by atoms with E-state index in [0.29, 0.717) is 11.4 Å². The van der Waals surface area contributed by atoms with E-state index in [1.54, 1.807) is 4.90 Å². The molecule has 19 heavy (non-hydrogen) atoms. The molecule has 4 nitrogen and oxygen atoms in total. The third-order valence-corrected chi connectivity index (χ3v) is 4.71. The number of thiophene rings is 1. The number of carboxylic acids is 1. The summed E-state index contributed by atoms with van der Waals surface area (Å²) in [5, 5.41) is 11.3. The van der Waals surface area contributed by atoms with Crippen LogP contribution in [-0.4, -0.2) is 34.5 Å². The van der Waals surface area contributed by atoms with Crippen molar-refractivity contribution >= 4 is 23.2 Å². The number of hydrogen-bond acceptors (Lipinski definition) is 3. The zero-order chi connectivity index (χ0) is 14.0. The minimum atomic E-state index is -0.893. The van der Waals surface area contributed by atoms with Gasteiger partial charge in [-0.1, -0.05) is 13.8 Å². The largest absolute Gasteiger partial charge is 0.480 e. The van der Waals surface area contributed by atoms with Crippen molar-refractivity contribution in [2.45, 2.75) is 39.2 Å². The lowest BCUT2D eigenvalue weighted by atomic mass is 9.90. The van der Waals surface area contributed by atoms with Crippen LogP contribution in [0.1, 0.15) is 41.9 Å². The fourth-order valence-corrected chi connectivity index (χ4v) is 3.67. The Morgan fingerprint density at radius 1 is 1.53 bits per heavy atom. The van der Waals surface area contributed by atoms with Crippen LogP contribution in [0.25, 0.3) is 0 Å². The standard InChI is InChI=1S/C14H19NO3S/c1-3-10-6-8-19-12(10)13(16)15-7-4-5-9(2)11(15)14(17)18/h6,8-9,11H,3-5,7H2,1-2H3,(H,17,18). The van der Waals surface area contributed by atoms with Gasteiger partial charge in [0.25, 0.3) is 5.91 Å². The van der Waals surface area contributed by atoms with Crippen molar-refractivity contribution in [3.63, 3.8) is 0 Å². The number of nitrogens with zero attached hydrogens (tertiary/aromatic N) is 1. The molecule has 0 aliphatic carbocycles. The first-order valence-electron chi connectivity index (χ1n) is 6.66. The van der Waals surface area contributed by atoms with Crippen LogP contribution in [-0.2, 0) is 11.2 Å². The van der Waals surface area contributed by atoms with Gasteiger partial charge in [0.05, 0.1) is 4.88 Å². The number of amides is 1. The molecule has 2 heterocycles. The van der Waals surface area contributed by atoms with Gasteiger partial charge >= 0.3 is 5.97 Å². The second kappa shape index (κ2) is 5.74. The van der Waals surface area contributed by atoms with Gasteiger partial charge in [0, 0.05) is 6.54 Å². The summed E-state index contributed by atoms with van der Waals surface area (Å²) in [6.45, 7) is 4.46. The number of likely N-dealkylation sites (tertiary alicyclic amines) is 1. The first kappa shape index (κ1) is 14.1. The molecular weight excluding hydrogens is 262 g/mol. The van der Waals surface area contributed by atoms with E-state index < -0.39 is 12.0 Å². The molecule has 2 atom stereocenters. The maximum atomic E-state index is 12.6. The van der Waals surface area contributed by atoms with Crippen molar-refractivity contribution in [3.05, 3.63) is 21.9 Å². The molecule has 104 valence electrons. The van der Waals surface area contributed by atoms with Gasteiger partial charge in [-0.05, 0) is 42.2 Å². The number of carboxylic acid groups (broad SMARTS) is 1. The molecule has 0 radical (unpaired) electrons. The summed E-state index contributed by atoms with van der Waals surface area (Å²) in [7, 11) is 0. The van der Waals surface area contributed by atoms with Crippen molar-refractivity contribution in [1.29, 1.82) is 0 Å². The second-order valence-electron chi connectivity index (χ2n) is 5.03. The molecule has 1 amide bonds. The van der Waals surface area contributed by atoms with Gasteiger partial charge in [-0.25, -0.2) is 4.79 Å². The van der Waals surface area contributed by atoms with Crippen LogP contribution in [0.4, 0.5) is 0 Å². The number of aliphatic carboxylic acids is 1. The fraction of sp³-hybridized carbons (Fsp3) is 0.571. The van der Waals surface area contributed by atoms with Crippen LogP contribution in [0.5, 0.6) is 0 Å². The van der Waals surface area contributed by atoms with Crippen molar-refractivity contribution in [3.8, 4) is 0 Å². The summed E-state index contributed by atoms with van der Waals surface area (Å²) in [4.78, 5) is 26.2. The van der Waals surface area contributed by atoms with E-state index in [1.165, 1.54) is 11.3 Å². The lowest BCUT2D eigenvalue weighted by molar-refractivity contribution is -0.145. The number of rotatable bonds is 3. The van der Waals surface area contributed by atoms with Gasteiger partial charge in [0.1, 0.15) is 6.04 Å². The molecule has 0 saturated carbocycles. The number of carbonyl (C=O) groups is 2. The van der Waals surface area contributed by atoms with E-state index in [9.17, 15) is 14.7 Å². The van der Waals surface area contributed by atoms with Crippen molar-refractivity contribution in [2.75, 3.05) is 6.54 Å². The molecule has 1 aliphatic rings. The first-order chi connectivity index (χ1) is 9.06. The van der Waals surface area contributed by atoms with Crippen LogP contribution in [0, 0.1) is 5.92 Å². The average molecular weight is 281 g/mol. The van der Waals surface area contributed by atoms with Crippen LogP contribution < -0.4 is 0 Å². The Hall–Kier alpha value is -1.36. The first-order valence-corrected chi connectivity index (χ1v) is 7.54. The van der Waals surface area contributed by atoms with E-state index in [2.05, 4.69) is 0 Å². The fourth-order valence-electron chi connectivity index (χ4n) is 2.72. The number of piperidine rings is 1. The third kappa shape index (κ3) is 2.66. The SMILES string of the molecule is CCc1ccsc1C(=O)N1CCCC(C)C1C(=O)O. The average Bonchev–Trinajstić information content (AvgIpc) is 2.85. The summed E-state index contributed by atoms with van der Waals surface area (Å²) < 4.78 is 0. The molecule has 0 bridgehead atoms. The molecule has 1 saturated heterocycles. The monoisotopic (exact) mass is 281 g/mol. The highest BCUT2D eigenvalue weighted by Crippen LogP contribution is 2.28. The van der Waals surface area contributed by atoms with E-state index >= 15 is 0 Å². The maximum absolute atomic E-state index is 12.6. The van der Waals surface area contributed by atoms with Crippen molar-refractivity contribution < 1.29 is 14.7 Å². The highest BCUT2D eigenvalue weighted by molar-refractivity contribution is 7.12. The smallest absolute Gasteiger partial charge is 0.326 e. The Morgan fingerprint density at radius 2 is 2.26 bits per heavy atom. The van der Waals surface area contributed by atoms with Crippen molar-refractivity contribution in [1.82, 2.24) is 4.90 Å². The van der Waals surface area contributed by atoms with Gasteiger partial charge < -0.3 is 10.0 Å². The highest BCUT2D eigenvalue weighted by Gasteiger charge is 2.38. The second-order valence-corrected chi connectivity index (χ2v) is 5.95. The van der Waals surface area contributed by atoms with Gasteiger partial charge in [0.2, 0.25) is 0 Å². The normalized spacial score (nSPS) is 23.4. The van der Waals surface area contributed by atoms with Crippen LogP contribution >= 0.6 is 11.3 Å². The zero-order valence-corrected chi connectivity index (χ0v) is 12.1. The Balaban J connectivity index is 2.28. The Morgan fingerprint density at radius 3 is 2.89 bits per heavy atom. The summed E-state index contributed by atoms with van der Waals surface area (Å²) >= 11 is 1.41. The Kier molecular flexibility index (Phi) is 4.24. The molecule has 5 heteroatoms. The summed E-state index contributed by atoms with van der Waals surface area (Å²) in [5.74, 6) is -0.999. The van der Waals surface area contributed by atoms with Gasteiger partial charge in [-0.2, -0.15) is 0 Å². The molecule has 1 fully saturated rings. The predicted molar refractivity (Wildman–Crippen MR) is 74.6 cm³/mol. The summed E-state index contributed by atoms with van der Waals surface area (Å²) in [6, 6.07) is 1.26. The van der Waals surface area contributed by atoms with E-state index in [4.69, 9.17) is 0 Å². The Bertz CT molecular complexity index is 483. The molecule has 2 unspecified atom stereocenters. The van der Waals surface area contributed by atoms with Gasteiger partial charge in [-0.3, -0.25) is 4.79 Å². The molecule has 0 spiro atoms. The minimum Gasteiger partial charge on any atom is -0.480 e. The molecule has 2 rings (SSSR count). The van der Waals surface area contributed by atoms with Gasteiger partial charge in [-0.15, -0.1) is 11.3 Å². The quantitative estimate of drug-likeness (QED) is 0.926. The van der Waals surface area contributed by atoms with Gasteiger partial charge in [0.15, 0.2) is 0 Å². The van der Waals surface area contributed by atoms with Crippen LogP contribution in [0.15, 0.2) is 11.4 Å². The summed E-state index contributed by atoms with van der Waals surface area (Å²) in [5.41, 5.74) is 1.01. The van der Waals surface area contributed by atoms with E-state index in [1.807, 2.05) is 25.3 Å². The lowest BCUT2D eigenvalue weighted by Crippen LogP contribution is -2.51.